The first-order valence-corrected chi connectivity index (χ1v) is 10.8. The van der Waals surface area contributed by atoms with Crippen molar-refractivity contribution in [2.45, 2.75) is 11.7 Å². The molecule has 0 bridgehead atoms. The summed E-state index contributed by atoms with van der Waals surface area (Å²) >= 11 is 7.28. The molecule has 0 aliphatic carbocycles. The second-order valence-electron chi connectivity index (χ2n) is 6.84. The monoisotopic (exact) mass is 450 g/mol. The average Bonchev–Trinajstić information content (AvgIpc) is 3.49. The van der Waals surface area contributed by atoms with Crippen LogP contribution in [0.5, 0.6) is 0 Å². The third-order valence-corrected chi connectivity index (χ3v) is 6.11. The molecule has 154 valence electrons. The summed E-state index contributed by atoms with van der Waals surface area (Å²) in [5.41, 5.74) is 1.69. The number of halogens is 1. The van der Waals surface area contributed by atoms with E-state index >= 15 is 0 Å². The van der Waals surface area contributed by atoms with Gasteiger partial charge in [0.2, 0.25) is 0 Å². The number of hydrogen-bond acceptors (Lipinski definition) is 6. The standard InChI is InChI=1S/C22H15ClN4O3S/c23-15-9-7-14(8-10-15)19-24-25-22(26(19)12-16-4-3-11-30-16)31-13-27-20(28)17-5-1-2-6-18(17)21(27)29/h1-11H,12-13H2. The molecular weight excluding hydrogens is 436 g/mol. The highest BCUT2D eigenvalue weighted by molar-refractivity contribution is 7.99. The van der Waals surface area contributed by atoms with E-state index in [0.29, 0.717) is 33.7 Å². The van der Waals surface area contributed by atoms with Crippen molar-refractivity contribution in [2.75, 3.05) is 5.88 Å². The van der Waals surface area contributed by atoms with Crippen LogP contribution in [0.4, 0.5) is 0 Å². The normalized spacial score (nSPS) is 13.1. The van der Waals surface area contributed by atoms with Crippen LogP contribution in [-0.2, 0) is 6.54 Å². The highest BCUT2D eigenvalue weighted by Gasteiger charge is 2.35. The highest BCUT2D eigenvalue weighted by Crippen LogP contribution is 2.29. The van der Waals surface area contributed by atoms with Gasteiger partial charge in [0.05, 0.1) is 29.8 Å². The molecule has 5 rings (SSSR count). The van der Waals surface area contributed by atoms with Crippen molar-refractivity contribution in [3.63, 3.8) is 0 Å². The highest BCUT2D eigenvalue weighted by atomic mass is 35.5. The molecular formula is C22H15ClN4O3S. The number of benzene rings is 2. The van der Waals surface area contributed by atoms with Crippen molar-refractivity contribution in [1.29, 1.82) is 0 Å². The molecule has 0 saturated heterocycles. The number of aromatic nitrogens is 3. The Morgan fingerprint density at radius 1 is 0.903 bits per heavy atom. The van der Waals surface area contributed by atoms with E-state index in [-0.39, 0.29) is 17.7 Å². The molecule has 1 aliphatic heterocycles. The second-order valence-corrected chi connectivity index (χ2v) is 8.18. The fraction of sp³-hybridized carbons (Fsp3) is 0.0909. The van der Waals surface area contributed by atoms with Gasteiger partial charge in [0.15, 0.2) is 11.0 Å². The quantitative estimate of drug-likeness (QED) is 0.316. The zero-order valence-electron chi connectivity index (χ0n) is 16.1. The van der Waals surface area contributed by atoms with Gasteiger partial charge in [0.1, 0.15) is 5.76 Å². The summed E-state index contributed by atoms with van der Waals surface area (Å²) in [7, 11) is 0. The Hall–Kier alpha value is -3.36. The smallest absolute Gasteiger partial charge is 0.262 e. The number of imide groups is 1. The van der Waals surface area contributed by atoms with Gasteiger partial charge in [-0.3, -0.25) is 19.1 Å². The molecule has 0 unspecified atom stereocenters. The van der Waals surface area contributed by atoms with E-state index in [1.807, 2.05) is 28.8 Å². The Kier molecular flexibility index (Phi) is 5.09. The predicted octanol–water partition coefficient (Wildman–Crippen LogP) is 4.59. The molecule has 2 aromatic heterocycles. The molecule has 0 atom stereocenters. The van der Waals surface area contributed by atoms with Gasteiger partial charge in [-0.25, -0.2) is 0 Å². The molecule has 0 saturated carbocycles. The third kappa shape index (κ3) is 3.64. The lowest BCUT2D eigenvalue weighted by Crippen LogP contribution is -2.29. The van der Waals surface area contributed by atoms with E-state index in [4.69, 9.17) is 16.0 Å². The van der Waals surface area contributed by atoms with E-state index in [1.54, 1.807) is 42.7 Å². The lowest BCUT2D eigenvalue weighted by atomic mass is 10.1. The van der Waals surface area contributed by atoms with Gasteiger partial charge in [-0.1, -0.05) is 35.5 Å². The van der Waals surface area contributed by atoms with E-state index in [1.165, 1.54) is 16.7 Å². The first kappa shape index (κ1) is 19.6. The fourth-order valence-electron chi connectivity index (χ4n) is 3.39. The van der Waals surface area contributed by atoms with Crippen molar-refractivity contribution in [2.24, 2.45) is 0 Å². The minimum atomic E-state index is -0.303. The third-order valence-electron chi connectivity index (χ3n) is 4.91. The number of amides is 2. The number of thioether (sulfide) groups is 1. The molecule has 4 aromatic rings. The number of hydrogen-bond donors (Lipinski definition) is 0. The van der Waals surface area contributed by atoms with Crippen LogP contribution in [0.2, 0.25) is 5.02 Å². The fourth-order valence-corrected chi connectivity index (χ4v) is 4.40. The van der Waals surface area contributed by atoms with Crippen molar-refractivity contribution in [1.82, 2.24) is 19.7 Å². The van der Waals surface area contributed by atoms with Gasteiger partial charge >= 0.3 is 0 Å². The second kappa shape index (κ2) is 8.05. The number of rotatable bonds is 6. The number of carbonyl (C=O) groups excluding carboxylic acids is 2. The van der Waals surface area contributed by atoms with E-state index in [0.717, 1.165) is 11.3 Å². The SMILES string of the molecule is O=C1c2ccccc2C(=O)N1CSc1nnc(-c2ccc(Cl)cc2)n1Cc1ccco1. The molecule has 0 radical (unpaired) electrons. The van der Waals surface area contributed by atoms with Gasteiger partial charge in [0.25, 0.3) is 11.8 Å². The topological polar surface area (TPSA) is 81.2 Å². The molecule has 3 heterocycles. The minimum Gasteiger partial charge on any atom is -0.467 e. The van der Waals surface area contributed by atoms with Crippen LogP contribution >= 0.6 is 23.4 Å². The Balaban J connectivity index is 1.43. The number of carbonyl (C=O) groups is 2. The predicted molar refractivity (Wildman–Crippen MR) is 116 cm³/mol. The van der Waals surface area contributed by atoms with Crippen molar-refractivity contribution >= 4 is 35.2 Å². The zero-order chi connectivity index (χ0) is 21.4. The van der Waals surface area contributed by atoms with Crippen LogP contribution in [0.1, 0.15) is 26.5 Å². The largest absolute Gasteiger partial charge is 0.467 e. The molecule has 2 amide bonds. The van der Waals surface area contributed by atoms with Gasteiger partial charge in [-0.15, -0.1) is 10.2 Å². The summed E-state index contributed by atoms with van der Waals surface area (Å²) in [6.45, 7) is 0.405. The summed E-state index contributed by atoms with van der Waals surface area (Å²) in [5.74, 6) is 0.894. The van der Waals surface area contributed by atoms with Crippen LogP contribution in [0.15, 0.2) is 76.5 Å². The molecule has 2 aromatic carbocycles. The Morgan fingerprint density at radius 2 is 1.61 bits per heavy atom. The molecule has 31 heavy (non-hydrogen) atoms. The molecule has 9 heteroatoms. The van der Waals surface area contributed by atoms with Crippen molar-refractivity contribution in [3.8, 4) is 11.4 Å². The minimum absolute atomic E-state index is 0.128. The van der Waals surface area contributed by atoms with Crippen LogP contribution in [0.3, 0.4) is 0 Å². The van der Waals surface area contributed by atoms with Crippen LogP contribution in [-0.4, -0.2) is 37.4 Å². The number of fused-ring (bicyclic) bond motifs is 1. The molecule has 0 fully saturated rings. The first-order valence-electron chi connectivity index (χ1n) is 9.41. The van der Waals surface area contributed by atoms with Crippen LogP contribution in [0, 0.1) is 0 Å². The van der Waals surface area contributed by atoms with Gasteiger partial charge in [0, 0.05) is 10.6 Å². The van der Waals surface area contributed by atoms with Gasteiger partial charge in [-0.05, 0) is 48.5 Å². The maximum atomic E-state index is 12.6. The summed E-state index contributed by atoms with van der Waals surface area (Å²) < 4.78 is 7.39. The summed E-state index contributed by atoms with van der Waals surface area (Å²) in [5, 5.41) is 9.84. The Morgan fingerprint density at radius 3 is 2.26 bits per heavy atom. The first-order chi connectivity index (χ1) is 15.1. The summed E-state index contributed by atoms with van der Waals surface area (Å²) in [6.07, 6.45) is 1.60. The lowest BCUT2D eigenvalue weighted by molar-refractivity contribution is 0.0684. The average molecular weight is 451 g/mol. The molecule has 1 aliphatic rings. The maximum Gasteiger partial charge on any atom is 0.262 e. The van der Waals surface area contributed by atoms with Crippen LogP contribution in [0.25, 0.3) is 11.4 Å². The molecule has 0 spiro atoms. The lowest BCUT2D eigenvalue weighted by Gasteiger charge is -2.14. The Labute approximate surface area is 186 Å². The summed E-state index contributed by atoms with van der Waals surface area (Å²) in [6, 6.07) is 17.8. The van der Waals surface area contributed by atoms with Crippen molar-refractivity contribution < 1.29 is 14.0 Å². The number of nitrogens with zero attached hydrogens (tertiary/aromatic N) is 4. The number of furan rings is 1. The van der Waals surface area contributed by atoms with E-state index in [9.17, 15) is 9.59 Å². The maximum absolute atomic E-state index is 12.6. The van der Waals surface area contributed by atoms with E-state index < -0.39 is 0 Å². The molecule has 0 N–H and O–H groups in total. The van der Waals surface area contributed by atoms with Gasteiger partial charge in [-0.2, -0.15) is 0 Å². The van der Waals surface area contributed by atoms with E-state index in [2.05, 4.69) is 10.2 Å². The van der Waals surface area contributed by atoms with Gasteiger partial charge < -0.3 is 4.42 Å². The van der Waals surface area contributed by atoms with Crippen molar-refractivity contribution in [3.05, 3.63) is 88.8 Å². The Bertz CT molecular complexity index is 1230. The summed E-state index contributed by atoms with van der Waals surface area (Å²) in [4.78, 5) is 26.5. The molecule has 7 nitrogen and oxygen atoms in total. The zero-order valence-corrected chi connectivity index (χ0v) is 17.6. The van der Waals surface area contributed by atoms with Crippen LogP contribution < -0.4 is 0 Å².